The zero-order valence-electron chi connectivity index (χ0n) is 9.58. The molecule has 0 saturated carbocycles. The van der Waals surface area contributed by atoms with Crippen LogP contribution in [0.25, 0.3) is 0 Å². The average molecular weight is 224 g/mol. The normalized spacial score (nSPS) is 20.0. The zero-order chi connectivity index (χ0) is 11.5. The topological polar surface area (TPSA) is 64.2 Å². The molecule has 0 bridgehead atoms. The van der Waals surface area contributed by atoms with Crippen LogP contribution in [0.1, 0.15) is 48.1 Å². The summed E-state index contributed by atoms with van der Waals surface area (Å²) in [7, 11) is 0. The molecule has 0 fully saturated rings. The predicted molar refractivity (Wildman–Crippen MR) is 57.2 cm³/mol. The Hall–Kier alpha value is -1.36. The molecule has 1 aromatic heterocycles. The van der Waals surface area contributed by atoms with Crippen molar-refractivity contribution in [3.63, 3.8) is 0 Å². The molecule has 0 radical (unpaired) electrons. The molecule has 0 saturated heterocycles. The number of nitrogens with zero attached hydrogens (tertiary/aromatic N) is 1. The van der Waals surface area contributed by atoms with Crippen molar-refractivity contribution >= 4 is 5.97 Å². The second kappa shape index (κ2) is 4.65. The molecule has 2 heterocycles. The highest BCUT2D eigenvalue weighted by molar-refractivity contribution is 5.89. The van der Waals surface area contributed by atoms with Gasteiger partial charge in [-0.1, -0.05) is 0 Å². The lowest BCUT2D eigenvalue weighted by molar-refractivity contribution is 0.0488. The standard InChI is InChI=1S/C11H16N2O3/c1-3-15-11(14)10-9-7(2)16-6-4-5-8(9)12-13-10/h7H,3-6H2,1-2H3,(H,12,13). The molecule has 0 aliphatic carbocycles. The number of rotatable bonds is 2. The van der Waals surface area contributed by atoms with Gasteiger partial charge in [0.15, 0.2) is 5.69 Å². The van der Waals surface area contributed by atoms with Gasteiger partial charge in [-0.15, -0.1) is 0 Å². The number of hydrogen-bond donors (Lipinski definition) is 1. The average Bonchev–Trinajstić information content (AvgIpc) is 2.60. The van der Waals surface area contributed by atoms with Gasteiger partial charge >= 0.3 is 5.97 Å². The lowest BCUT2D eigenvalue weighted by atomic mass is 10.1. The van der Waals surface area contributed by atoms with E-state index < -0.39 is 0 Å². The van der Waals surface area contributed by atoms with Crippen molar-refractivity contribution in [1.29, 1.82) is 0 Å². The molecule has 5 heteroatoms. The van der Waals surface area contributed by atoms with Crippen LogP contribution in [0.2, 0.25) is 0 Å². The van der Waals surface area contributed by atoms with Gasteiger partial charge in [-0.3, -0.25) is 5.10 Å². The molecule has 2 rings (SSSR count). The lowest BCUT2D eigenvalue weighted by Gasteiger charge is -2.10. The largest absolute Gasteiger partial charge is 0.461 e. The molecule has 1 atom stereocenters. The maximum Gasteiger partial charge on any atom is 0.359 e. The third-order valence-corrected chi connectivity index (χ3v) is 2.70. The van der Waals surface area contributed by atoms with E-state index in [-0.39, 0.29) is 12.1 Å². The lowest BCUT2D eigenvalue weighted by Crippen LogP contribution is -2.10. The molecule has 1 aromatic rings. The van der Waals surface area contributed by atoms with Crippen LogP contribution in [0.5, 0.6) is 0 Å². The van der Waals surface area contributed by atoms with Crippen LogP contribution < -0.4 is 0 Å². The van der Waals surface area contributed by atoms with E-state index in [1.54, 1.807) is 6.92 Å². The van der Waals surface area contributed by atoms with E-state index in [1.807, 2.05) is 6.92 Å². The number of esters is 1. The number of carbonyl (C=O) groups excluding carboxylic acids is 1. The minimum atomic E-state index is -0.377. The summed E-state index contributed by atoms with van der Waals surface area (Å²) in [5.74, 6) is -0.377. The fourth-order valence-electron chi connectivity index (χ4n) is 1.96. The van der Waals surface area contributed by atoms with E-state index in [1.165, 1.54) is 0 Å². The van der Waals surface area contributed by atoms with Gasteiger partial charge in [0, 0.05) is 17.9 Å². The number of aromatic amines is 1. The minimum absolute atomic E-state index is 0.101. The summed E-state index contributed by atoms with van der Waals surface area (Å²) in [6.07, 6.45) is 1.71. The van der Waals surface area contributed by atoms with Crippen LogP contribution in [-0.4, -0.2) is 29.4 Å². The number of aromatic nitrogens is 2. The maximum atomic E-state index is 11.7. The highest BCUT2D eigenvalue weighted by Crippen LogP contribution is 2.27. The van der Waals surface area contributed by atoms with Crippen molar-refractivity contribution in [1.82, 2.24) is 10.2 Å². The number of aryl methyl sites for hydroxylation is 1. The van der Waals surface area contributed by atoms with Gasteiger partial charge in [-0.2, -0.15) is 5.10 Å². The van der Waals surface area contributed by atoms with Crippen LogP contribution in [0.15, 0.2) is 0 Å². The number of H-pyrrole nitrogens is 1. The molecule has 1 unspecified atom stereocenters. The van der Waals surface area contributed by atoms with Gasteiger partial charge in [-0.25, -0.2) is 4.79 Å². The molecule has 0 spiro atoms. The van der Waals surface area contributed by atoms with Crippen LogP contribution in [0.3, 0.4) is 0 Å². The molecule has 1 N–H and O–H groups in total. The summed E-state index contributed by atoms with van der Waals surface area (Å²) < 4.78 is 10.6. The smallest absolute Gasteiger partial charge is 0.359 e. The fraction of sp³-hybridized carbons (Fsp3) is 0.636. The highest BCUT2D eigenvalue weighted by Gasteiger charge is 2.26. The Morgan fingerprint density at radius 1 is 1.69 bits per heavy atom. The van der Waals surface area contributed by atoms with Crippen LogP contribution in [0.4, 0.5) is 0 Å². The Bertz CT molecular complexity index is 387. The molecule has 5 nitrogen and oxygen atoms in total. The van der Waals surface area contributed by atoms with E-state index in [0.717, 1.165) is 24.1 Å². The van der Waals surface area contributed by atoms with Crippen molar-refractivity contribution in [2.24, 2.45) is 0 Å². The molecule has 16 heavy (non-hydrogen) atoms. The van der Waals surface area contributed by atoms with Crippen molar-refractivity contribution in [2.75, 3.05) is 13.2 Å². The maximum absolute atomic E-state index is 11.7. The molecule has 1 aliphatic heterocycles. The molecule has 1 aliphatic rings. The number of fused-ring (bicyclic) bond motifs is 1. The summed E-state index contributed by atoms with van der Waals surface area (Å²) in [5, 5.41) is 6.93. The minimum Gasteiger partial charge on any atom is -0.461 e. The molecule has 0 aromatic carbocycles. The third-order valence-electron chi connectivity index (χ3n) is 2.70. The number of carbonyl (C=O) groups is 1. The van der Waals surface area contributed by atoms with Gasteiger partial charge in [0.1, 0.15) is 0 Å². The predicted octanol–water partition coefficient (Wildman–Crippen LogP) is 1.61. The van der Waals surface area contributed by atoms with Crippen molar-refractivity contribution in [3.05, 3.63) is 17.0 Å². The number of nitrogens with one attached hydrogen (secondary N) is 1. The summed E-state index contributed by atoms with van der Waals surface area (Å²) in [5.41, 5.74) is 2.22. The first-order chi connectivity index (χ1) is 7.74. The Balaban J connectivity index is 2.33. The van der Waals surface area contributed by atoms with E-state index >= 15 is 0 Å². The second-order valence-electron chi connectivity index (χ2n) is 3.80. The van der Waals surface area contributed by atoms with E-state index in [0.29, 0.717) is 18.9 Å². The van der Waals surface area contributed by atoms with Gasteiger partial charge in [-0.05, 0) is 26.7 Å². The Morgan fingerprint density at radius 2 is 2.50 bits per heavy atom. The molecular weight excluding hydrogens is 208 g/mol. The summed E-state index contributed by atoms with van der Waals surface area (Å²) in [6.45, 7) is 4.78. The second-order valence-corrected chi connectivity index (χ2v) is 3.80. The van der Waals surface area contributed by atoms with Crippen molar-refractivity contribution in [3.8, 4) is 0 Å². The Kier molecular flexibility index (Phi) is 3.24. The van der Waals surface area contributed by atoms with Crippen molar-refractivity contribution < 1.29 is 14.3 Å². The first-order valence-electron chi connectivity index (χ1n) is 5.60. The summed E-state index contributed by atoms with van der Waals surface area (Å²) in [6, 6.07) is 0. The van der Waals surface area contributed by atoms with E-state index in [2.05, 4.69) is 10.2 Å². The zero-order valence-corrected chi connectivity index (χ0v) is 9.58. The van der Waals surface area contributed by atoms with Gasteiger partial charge in [0.25, 0.3) is 0 Å². The Morgan fingerprint density at radius 3 is 3.25 bits per heavy atom. The van der Waals surface area contributed by atoms with Gasteiger partial charge in [0.05, 0.1) is 12.7 Å². The molecule has 88 valence electrons. The first kappa shape index (κ1) is 11.1. The van der Waals surface area contributed by atoms with Crippen molar-refractivity contribution in [2.45, 2.75) is 32.8 Å². The summed E-state index contributed by atoms with van der Waals surface area (Å²) in [4.78, 5) is 11.7. The van der Waals surface area contributed by atoms with Crippen LogP contribution >= 0.6 is 0 Å². The van der Waals surface area contributed by atoms with Crippen LogP contribution in [0, 0.1) is 0 Å². The highest BCUT2D eigenvalue weighted by atomic mass is 16.5. The summed E-state index contributed by atoms with van der Waals surface area (Å²) >= 11 is 0. The SMILES string of the molecule is CCOC(=O)c1n[nH]c2c1C(C)OCCC2. The molecule has 0 amide bonds. The monoisotopic (exact) mass is 224 g/mol. The van der Waals surface area contributed by atoms with Crippen LogP contribution in [-0.2, 0) is 15.9 Å². The van der Waals surface area contributed by atoms with E-state index in [9.17, 15) is 4.79 Å². The van der Waals surface area contributed by atoms with Gasteiger partial charge in [0.2, 0.25) is 0 Å². The first-order valence-corrected chi connectivity index (χ1v) is 5.60. The van der Waals surface area contributed by atoms with Gasteiger partial charge < -0.3 is 9.47 Å². The fourth-order valence-corrected chi connectivity index (χ4v) is 1.96. The number of hydrogen-bond acceptors (Lipinski definition) is 4. The number of ether oxygens (including phenoxy) is 2. The quantitative estimate of drug-likeness (QED) is 0.775. The molecular formula is C11H16N2O3. The Labute approximate surface area is 94.1 Å². The van der Waals surface area contributed by atoms with E-state index in [4.69, 9.17) is 9.47 Å². The third kappa shape index (κ3) is 1.95.